The minimum atomic E-state index is 0.882. The van der Waals surface area contributed by atoms with Crippen LogP contribution in [0, 0.1) is 0 Å². The molecular weight excluding hydrogens is 522 g/mol. The largest absolute Gasteiger partial charge is 0.309 e. The second-order valence-electron chi connectivity index (χ2n) is 11.0. The predicted molar refractivity (Wildman–Crippen MR) is 180 cm³/mol. The van der Waals surface area contributed by atoms with Crippen molar-refractivity contribution in [1.29, 1.82) is 0 Å². The monoisotopic (exact) mass is 547 g/mol. The van der Waals surface area contributed by atoms with Crippen LogP contribution in [0.3, 0.4) is 0 Å². The Labute approximate surface area is 248 Å². The number of hydrogen-bond acceptors (Lipinski definition) is 2. The highest BCUT2D eigenvalue weighted by Gasteiger charge is 2.15. The molecule has 2 aromatic heterocycles. The van der Waals surface area contributed by atoms with E-state index in [0.29, 0.717) is 0 Å². The van der Waals surface area contributed by atoms with Gasteiger partial charge in [0.1, 0.15) is 0 Å². The summed E-state index contributed by atoms with van der Waals surface area (Å²) in [5.74, 6) is 0. The van der Waals surface area contributed by atoms with E-state index >= 15 is 0 Å². The minimum absolute atomic E-state index is 0.882. The second-order valence-corrected chi connectivity index (χ2v) is 11.0. The van der Waals surface area contributed by atoms with Crippen molar-refractivity contribution >= 4 is 54.4 Å². The van der Waals surface area contributed by atoms with E-state index in [4.69, 9.17) is 9.97 Å². The molecule has 0 spiro atoms. The van der Waals surface area contributed by atoms with Gasteiger partial charge in [0.25, 0.3) is 0 Å². The first-order chi connectivity index (χ1) is 21.3. The van der Waals surface area contributed by atoms with Gasteiger partial charge < -0.3 is 4.57 Å². The van der Waals surface area contributed by atoms with Crippen LogP contribution in [0.5, 0.6) is 0 Å². The molecule has 0 N–H and O–H groups in total. The third kappa shape index (κ3) is 3.68. The smallest absolute Gasteiger partial charge is 0.0979 e. The SMILES string of the molecule is c1ccc(-c2cnc3c4ccccc4c4cc(-c5cccc(-n6c7ccccc7c7ccccc76)c5)ccc4c3n2)cc1. The molecule has 2 heterocycles. The summed E-state index contributed by atoms with van der Waals surface area (Å²) in [5.41, 5.74) is 9.74. The Bertz CT molecular complexity index is 2450. The number of benzene rings is 7. The molecule has 0 saturated carbocycles. The molecule has 0 saturated heterocycles. The molecule has 43 heavy (non-hydrogen) atoms. The van der Waals surface area contributed by atoms with Gasteiger partial charge in [0, 0.05) is 32.8 Å². The van der Waals surface area contributed by atoms with Crippen LogP contribution in [0.4, 0.5) is 0 Å². The van der Waals surface area contributed by atoms with Gasteiger partial charge in [0.2, 0.25) is 0 Å². The summed E-state index contributed by atoms with van der Waals surface area (Å²) in [6, 6.07) is 51.8. The van der Waals surface area contributed by atoms with Gasteiger partial charge >= 0.3 is 0 Å². The molecule has 0 atom stereocenters. The van der Waals surface area contributed by atoms with Crippen molar-refractivity contribution in [3.05, 3.63) is 152 Å². The molecule has 3 heteroatoms. The third-order valence-corrected chi connectivity index (χ3v) is 8.61. The molecule has 0 amide bonds. The number of para-hydroxylation sites is 2. The Morgan fingerprint density at radius 3 is 1.77 bits per heavy atom. The summed E-state index contributed by atoms with van der Waals surface area (Å²) in [6.07, 6.45) is 1.89. The fourth-order valence-corrected chi connectivity index (χ4v) is 6.62. The Hall–Kier alpha value is -5.80. The molecule has 0 bridgehead atoms. The fourth-order valence-electron chi connectivity index (χ4n) is 6.62. The van der Waals surface area contributed by atoms with Crippen molar-refractivity contribution in [2.75, 3.05) is 0 Å². The van der Waals surface area contributed by atoms with Gasteiger partial charge in [-0.25, -0.2) is 4.98 Å². The van der Waals surface area contributed by atoms with E-state index in [1.54, 1.807) is 0 Å². The van der Waals surface area contributed by atoms with E-state index in [1.165, 1.54) is 43.7 Å². The highest BCUT2D eigenvalue weighted by Crippen LogP contribution is 2.38. The molecule has 0 aliphatic rings. The quantitative estimate of drug-likeness (QED) is 0.206. The number of aromatic nitrogens is 3. The third-order valence-electron chi connectivity index (χ3n) is 8.61. The van der Waals surface area contributed by atoms with E-state index in [2.05, 4.69) is 132 Å². The first kappa shape index (κ1) is 23.9. The van der Waals surface area contributed by atoms with Gasteiger partial charge in [-0.3, -0.25) is 4.98 Å². The van der Waals surface area contributed by atoms with Crippen molar-refractivity contribution in [2.24, 2.45) is 0 Å². The maximum Gasteiger partial charge on any atom is 0.0979 e. The van der Waals surface area contributed by atoms with Crippen LogP contribution in [0.2, 0.25) is 0 Å². The Morgan fingerprint density at radius 2 is 1.00 bits per heavy atom. The van der Waals surface area contributed by atoms with Crippen molar-refractivity contribution in [3.63, 3.8) is 0 Å². The summed E-state index contributed by atoms with van der Waals surface area (Å²) in [4.78, 5) is 10.1. The minimum Gasteiger partial charge on any atom is -0.309 e. The summed E-state index contributed by atoms with van der Waals surface area (Å²) in [6.45, 7) is 0. The summed E-state index contributed by atoms with van der Waals surface area (Å²) >= 11 is 0. The van der Waals surface area contributed by atoms with Gasteiger partial charge in [-0.1, -0.05) is 115 Å². The molecule has 3 nitrogen and oxygen atoms in total. The highest BCUT2D eigenvalue weighted by atomic mass is 15.0. The van der Waals surface area contributed by atoms with Crippen LogP contribution in [0.25, 0.3) is 82.5 Å². The van der Waals surface area contributed by atoms with Gasteiger partial charge in [-0.15, -0.1) is 0 Å². The Morgan fingerprint density at radius 1 is 0.395 bits per heavy atom. The molecule has 7 aromatic carbocycles. The first-order valence-corrected chi connectivity index (χ1v) is 14.6. The second kappa shape index (κ2) is 9.37. The van der Waals surface area contributed by atoms with E-state index in [9.17, 15) is 0 Å². The number of nitrogens with zero attached hydrogens (tertiary/aromatic N) is 3. The van der Waals surface area contributed by atoms with Gasteiger partial charge in [0.15, 0.2) is 0 Å². The predicted octanol–water partition coefficient (Wildman–Crippen LogP) is 10.4. The lowest BCUT2D eigenvalue weighted by Gasteiger charge is -2.13. The average molecular weight is 548 g/mol. The summed E-state index contributed by atoms with van der Waals surface area (Å²) in [7, 11) is 0. The van der Waals surface area contributed by atoms with E-state index in [-0.39, 0.29) is 0 Å². The van der Waals surface area contributed by atoms with Crippen LogP contribution < -0.4 is 0 Å². The standard InChI is InChI=1S/C40H25N3/c1-2-11-26(12-3-1)36-25-41-39-33-18-5-4-15-30(33)35-24-28(21-22-34(35)40(39)42-36)27-13-10-14-29(23-27)43-37-19-8-6-16-31(37)32-17-7-9-20-38(32)43/h1-25H. The maximum absolute atomic E-state index is 5.17. The van der Waals surface area contributed by atoms with Gasteiger partial charge in [-0.05, 0) is 52.2 Å². The molecule has 0 unspecified atom stereocenters. The zero-order valence-corrected chi connectivity index (χ0v) is 23.3. The summed E-state index contributed by atoms with van der Waals surface area (Å²) < 4.78 is 2.37. The molecule has 200 valence electrons. The van der Waals surface area contributed by atoms with Crippen LogP contribution in [0.1, 0.15) is 0 Å². The molecule has 0 fully saturated rings. The molecule has 9 rings (SSSR count). The summed E-state index contributed by atoms with van der Waals surface area (Å²) in [5, 5.41) is 7.14. The van der Waals surface area contributed by atoms with Crippen molar-refractivity contribution < 1.29 is 0 Å². The van der Waals surface area contributed by atoms with Crippen molar-refractivity contribution in [3.8, 4) is 28.1 Å². The highest BCUT2D eigenvalue weighted by molar-refractivity contribution is 6.23. The Kier molecular flexibility index (Phi) is 5.20. The van der Waals surface area contributed by atoms with E-state index in [0.717, 1.165) is 38.8 Å². The van der Waals surface area contributed by atoms with E-state index < -0.39 is 0 Å². The number of hydrogen-bond donors (Lipinski definition) is 0. The average Bonchev–Trinajstić information content (AvgIpc) is 3.43. The zero-order chi connectivity index (χ0) is 28.3. The van der Waals surface area contributed by atoms with Crippen LogP contribution in [-0.4, -0.2) is 14.5 Å². The lowest BCUT2D eigenvalue weighted by molar-refractivity contribution is 1.18. The van der Waals surface area contributed by atoms with Crippen molar-refractivity contribution in [1.82, 2.24) is 14.5 Å². The van der Waals surface area contributed by atoms with E-state index in [1.807, 2.05) is 24.4 Å². The van der Waals surface area contributed by atoms with Gasteiger partial charge in [0.05, 0.1) is 34.0 Å². The molecule has 0 aliphatic carbocycles. The molecular formula is C40H25N3. The van der Waals surface area contributed by atoms with Crippen LogP contribution in [0.15, 0.2) is 152 Å². The molecule has 0 aliphatic heterocycles. The number of rotatable bonds is 3. The maximum atomic E-state index is 5.17. The molecule has 0 radical (unpaired) electrons. The van der Waals surface area contributed by atoms with Crippen LogP contribution >= 0.6 is 0 Å². The zero-order valence-electron chi connectivity index (χ0n) is 23.3. The Balaban J connectivity index is 1.26. The van der Waals surface area contributed by atoms with Crippen LogP contribution in [-0.2, 0) is 0 Å². The topological polar surface area (TPSA) is 30.7 Å². The van der Waals surface area contributed by atoms with Gasteiger partial charge in [-0.2, -0.15) is 0 Å². The lowest BCUT2D eigenvalue weighted by atomic mass is 9.95. The van der Waals surface area contributed by atoms with Crippen molar-refractivity contribution in [2.45, 2.75) is 0 Å². The lowest BCUT2D eigenvalue weighted by Crippen LogP contribution is -1.94. The fraction of sp³-hybridized carbons (Fsp3) is 0. The molecule has 9 aromatic rings. The first-order valence-electron chi connectivity index (χ1n) is 14.6. The number of fused-ring (bicyclic) bond motifs is 9. The normalized spacial score (nSPS) is 11.7.